The van der Waals surface area contributed by atoms with Crippen LogP contribution in [0.25, 0.3) is 0 Å². The summed E-state index contributed by atoms with van der Waals surface area (Å²) in [6.07, 6.45) is 0. The number of hydrogen-bond acceptors (Lipinski definition) is 3. The number of ketones is 1. The monoisotopic (exact) mass is 329 g/mol. The Hall–Kier alpha value is -1.99. The second kappa shape index (κ2) is 5.58. The molecule has 0 fully saturated rings. The van der Waals surface area contributed by atoms with Crippen LogP contribution < -0.4 is 5.46 Å². The molecule has 3 rings (SSSR count). The van der Waals surface area contributed by atoms with Gasteiger partial charge in [-0.25, -0.2) is 12.8 Å². The number of rotatable bonds is 2. The van der Waals surface area contributed by atoms with E-state index in [-0.39, 0.29) is 28.0 Å². The first-order valence-corrected chi connectivity index (χ1v) is 8.41. The maximum absolute atomic E-state index is 13.8. The summed E-state index contributed by atoms with van der Waals surface area (Å²) < 4.78 is 40.3. The molecule has 0 unspecified atom stereocenters. The smallest absolute Gasteiger partial charge is 0.243 e. The van der Waals surface area contributed by atoms with Gasteiger partial charge >= 0.3 is 0 Å². The van der Waals surface area contributed by atoms with Gasteiger partial charge in [-0.1, -0.05) is 29.2 Å². The van der Waals surface area contributed by atoms with Gasteiger partial charge in [0.1, 0.15) is 13.7 Å². The molecule has 4 nitrogen and oxygen atoms in total. The number of Topliss-reactive ketones (excluding diaryl/α,β-unsaturated/α-hetero) is 1. The van der Waals surface area contributed by atoms with E-state index in [1.807, 2.05) is 6.92 Å². The van der Waals surface area contributed by atoms with E-state index in [1.165, 1.54) is 18.2 Å². The van der Waals surface area contributed by atoms with Gasteiger partial charge < -0.3 is 0 Å². The van der Waals surface area contributed by atoms with E-state index in [9.17, 15) is 17.6 Å². The zero-order chi connectivity index (χ0) is 16.8. The lowest BCUT2D eigenvalue weighted by Gasteiger charge is -2.28. The van der Waals surface area contributed by atoms with Gasteiger partial charge in [0.15, 0.2) is 5.78 Å². The number of nitrogens with zero attached hydrogens (tertiary/aromatic N) is 1. The maximum Gasteiger partial charge on any atom is 0.243 e. The second-order valence-corrected chi connectivity index (χ2v) is 7.44. The number of fused-ring (bicyclic) bond motifs is 1. The summed E-state index contributed by atoms with van der Waals surface area (Å²) in [6, 6.07) is 8.79. The Morgan fingerprint density at radius 2 is 1.74 bits per heavy atom. The van der Waals surface area contributed by atoms with Crippen LogP contribution in [-0.4, -0.2) is 32.9 Å². The standard InChI is InChI=1S/C16H13BFNO3S/c1-10-2-4-11(5-3-10)23(21,22)19-8-12-13(17)6-7-14(18)16(12)15(20)9-19/h2-7H,8-9H2,1H3. The van der Waals surface area contributed by atoms with Gasteiger partial charge in [-0.15, -0.1) is 0 Å². The molecule has 7 heteroatoms. The minimum atomic E-state index is -3.85. The largest absolute Gasteiger partial charge is 0.293 e. The molecule has 116 valence electrons. The van der Waals surface area contributed by atoms with Gasteiger partial charge in [-0.3, -0.25) is 4.79 Å². The molecular weight excluding hydrogens is 316 g/mol. The highest BCUT2D eigenvalue weighted by Gasteiger charge is 2.34. The van der Waals surface area contributed by atoms with E-state index in [0.717, 1.165) is 15.9 Å². The summed E-state index contributed by atoms with van der Waals surface area (Å²) >= 11 is 0. The quantitative estimate of drug-likeness (QED) is 0.781. The molecule has 2 radical (unpaired) electrons. The van der Waals surface area contributed by atoms with Crippen LogP contribution in [0.1, 0.15) is 21.5 Å². The van der Waals surface area contributed by atoms with Crippen molar-refractivity contribution in [1.82, 2.24) is 4.31 Å². The average molecular weight is 329 g/mol. The summed E-state index contributed by atoms with van der Waals surface area (Å²) in [6.45, 7) is 1.32. The lowest BCUT2D eigenvalue weighted by molar-refractivity contribution is 0.0945. The van der Waals surface area contributed by atoms with E-state index in [4.69, 9.17) is 7.85 Å². The van der Waals surface area contributed by atoms with Gasteiger partial charge in [-0.05, 0) is 30.7 Å². The molecule has 0 atom stereocenters. The SMILES string of the molecule is [B]c1ccc(F)c2c1CN(S(=O)(=O)c1ccc(C)cc1)CC2=O. The summed E-state index contributed by atoms with van der Waals surface area (Å²) in [7, 11) is 1.95. The van der Waals surface area contributed by atoms with Crippen LogP contribution in [0.2, 0.25) is 0 Å². The van der Waals surface area contributed by atoms with Crippen LogP contribution in [0.4, 0.5) is 4.39 Å². The molecule has 23 heavy (non-hydrogen) atoms. The molecule has 0 saturated carbocycles. The summed E-state index contributed by atoms with van der Waals surface area (Å²) in [5, 5.41) is 0. The van der Waals surface area contributed by atoms with Crippen molar-refractivity contribution in [2.75, 3.05) is 6.54 Å². The molecule has 1 heterocycles. The summed E-state index contributed by atoms with van der Waals surface area (Å²) in [5.74, 6) is -1.27. The zero-order valence-electron chi connectivity index (χ0n) is 12.4. The second-order valence-electron chi connectivity index (χ2n) is 5.50. The van der Waals surface area contributed by atoms with Gasteiger partial charge in [0, 0.05) is 6.54 Å². The predicted molar refractivity (Wildman–Crippen MR) is 84.9 cm³/mol. The third kappa shape index (κ3) is 2.70. The Bertz CT molecular complexity index is 894. The first-order chi connectivity index (χ1) is 10.8. The molecule has 2 aromatic carbocycles. The summed E-state index contributed by atoms with van der Waals surface area (Å²) in [4.78, 5) is 12.3. The Morgan fingerprint density at radius 3 is 2.39 bits per heavy atom. The van der Waals surface area contributed by atoms with Crippen molar-refractivity contribution >= 4 is 29.1 Å². The molecule has 0 bridgehead atoms. The van der Waals surface area contributed by atoms with Crippen LogP contribution in [0.5, 0.6) is 0 Å². The van der Waals surface area contributed by atoms with Crippen LogP contribution >= 0.6 is 0 Å². The molecular formula is C16H13BFNO3S. The van der Waals surface area contributed by atoms with Crippen LogP contribution in [-0.2, 0) is 16.6 Å². The zero-order valence-corrected chi connectivity index (χ0v) is 13.2. The summed E-state index contributed by atoms with van der Waals surface area (Å²) in [5.41, 5.74) is 1.24. The maximum atomic E-state index is 13.8. The Morgan fingerprint density at radius 1 is 1.09 bits per heavy atom. The molecule has 2 aromatic rings. The first kappa shape index (κ1) is 15.9. The highest BCUT2D eigenvalue weighted by atomic mass is 32.2. The number of benzene rings is 2. The molecule has 0 N–H and O–H groups in total. The molecule has 0 aromatic heterocycles. The highest BCUT2D eigenvalue weighted by molar-refractivity contribution is 7.89. The fourth-order valence-corrected chi connectivity index (χ4v) is 3.97. The van der Waals surface area contributed by atoms with E-state index in [2.05, 4.69) is 0 Å². The van der Waals surface area contributed by atoms with Gasteiger partial charge in [-0.2, -0.15) is 4.31 Å². The van der Waals surface area contributed by atoms with E-state index >= 15 is 0 Å². The van der Waals surface area contributed by atoms with Gasteiger partial charge in [0.2, 0.25) is 10.0 Å². The molecule has 0 saturated heterocycles. The Balaban J connectivity index is 2.05. The van der Waals surface area contributed by atoms with Crippen molar-refractivity contribution in [2.24, 2.45) is 0 Å². The minimum absolute atomic E-state index is 0.0920. The van der Waals surface area contributed by atoms with Crippen LogP contribution in [0.3, 0.4) is 0 Å². The third-order valence-corrected chi connectivity index (χ3v) is 5.70. The van der Waals surface area contributed by atoms with Crippen molar-refractivity contribution in [1.29, 1.82) is 0 Å². The topological polar surface area (TPSA) is 54.5 Å². The normalized spacial score (nSPS) is 15.5. The Kier molecular flexibility index (Phi) is 3.86. The highest BCUT2D eigenvalue weighted by Crippen LogP contribution is 2.25. The fraction of sp³-hybridized carbons (Fsp3) is 0.188. The average Bonchev–Trinajstić information content (AvgIpc) is 2.51. The van der Waals surface area contributed by atoms with Gasteiger partial charge in [0.25, 0.3) is 0 Å². The van der Waals surface area contributed by atoms with Crippen molar-refractivity contribution in [3.63, 3.8) is 0 Å². The number of carbonyl (C=O) groups excluding carboxylic acids is 1. The van der Waals surface area contributed by atoms with Crippen LogP contribution in [0.15, 0.2) is 41.3 Å². The molecule has 0 amide bonds. The molecule has 0 spiro atoms. The number of carbonyl (C=O) groups is 1. The van der Waals surface area contributed by atoms with Crippen molar-refractivity contribution in [3.8, 4) is 0 Å². The lowest BCUT2D eigenvalue weighted by Crippen LogP contribution is -2.42. The van der Waals surface area contributed by atoms with E-state index in [1.54, 1.807) is 12.1 Å². The van der Waals surface area contributed by atoms with Crippen molar-refractivity contribution in [3.05, 3.63) is 58.9 Å². The minimum Gasteiger partial charge on any atom is -0.293 e. The van der Waals surface area contributed by atoms with Crippen LogP contribution in [0, 0.1) is 12.7 Å². The van der Waals surface area contributed by atoms with Gasteiger partial charge in [0.05, 0.1) is 17.0 Å². The molecule has 1 aliphatic rings. The first-order valence-electron chi connectivity index (χ1n) is 6.97. The number of sulfonamides is 1. The van der Waals surface area contributed by atoms with Crippen molar-refractivity contribution < 1.29 is 17.6 Å². The Labute approximate surface area is 135 Å². The van der Waals surface area contributed by atoms with E-state index in [0.29, 0.717) is 0 Å². The number of aryl methyl sites for hydroxylation is 1. The third-order valence-electron chi connectivity index (χ3n) is 3.89. The fourth-order valence-electron chi connectivity index (χ4n) is 2.61. The molecule has 0 aliphatic carbocycles. The van der Waals surface area contributed by atoms with Crippen molar-refractivity contribution in [2.45, 2.75) is 18.4 Å². The number of hydrogen-bond donors (Lipinski definition) is 0. The lowest BCUT2D eigenvalue weighted by atomic mass is 9.85. The van der Waals surface area contributed by atoms with E-state index < -0.39 is 28.2 Å². The number of halogens is 1. The molecule has 1 aliphatic heterocycles. The predicted octanol–water partition coefficient (Wildman–Crippen LogP) is 1.32.